The van der Waals surface area contributed by atoms with Crippen molar-refractivity contribution in [1.82, 2.24) is 9.66 Å². The number of hydrogen-bond acceptors (Lipinski definition) is 4. The van der Waals surface area contributed by atoms with Gasteiger partial charge in [-0.05, 0) is 101 Å². The second-order valence-corrected chi connectivity index (χ2v) is 10.4. The van der Waals surface area contributed by atoms with Gasteiger partial charge in [-0.3, -0.25) is 4.79 Å². The van der Waals surface area contributed by atoms with Crippen LogP contribution in [0.5, 0.6) is 5.75 Å². The quantitative estimate of drug-likeness (QED) is 0.213. The Balaban J connectivity index is 2.06. The van der Waals surface area contributed by atoms with Crippen LogP contribution in [0.15, 0.2) is 44.7 Å². The van der Waals surface area contributed by atoms with Crippen molar-refractivity contribution in [1.29, 1.82) is 0 Å². The minimum Gasteiger partial charge on any atom is -0.489 e. The number of aryl methyl sites for hydroxylation is 1. The second kappa shape index (κ2) is 10.5. The molecule has 0 bridgehead atoms. The van der Waals surface area contributed by atoms with Crippen molar-refractivity contribution in [3.05, 3.63) is 63.7 Å². The zero-order valence-electron chi connectivity index (χ0n) is 17.0. The first-order valence-corrected chi connectivity index (χ1v) is 12.7. The van der Waals surface area contributed by atoms with Gasteiger partial charge in [0.1, 0.15) is 11.6 Å². The molecule has 1 aromatic heterocycles. The average molecular weight is 694 g/mol. The fourth-order valence-electron chi connectivity index (χ4n) is 2.94. The molecule has 0 fully saturated rings. The van der Waals surface area contributed by atoms with Gasteiger partial charge in [-0.25, -0.2) is 4.98 Å². The van der Waals surface area contributed by atoms with Crippen LogP contribution in [0, 0.1) is 7.14 Å². The van der Waals surface area contributed by atoms with Crippen LogP contribution in [-0.2, 0) is 6.42 Å². The number of unbranched alkanes of at least 4 members (excludes halogenated alkanes) is 1. The number of benzene rings is 2. The summed E-state index contributed by atoms with van der Waals surface area (Å²) in [6, 6.07) is 9.57. The number of halogens is 3. The van der Waals surface area contributed by atoms with Crippen molar-refractivity contribution in [3.8, 4) is 5.75 Å². The van der Waals surface area contributed by atoms with Gasteiger partial charge in [-0.15, -0.1) is 0 Å². The van der Waals surface area contributed by atoms with E-state index in [0.29, 0.717) is 23.1 Å². The summed E-state index contributed by atoms with van der Waals surface area (Å²) >= 11 is 7.98. The zero-order valence-corrected chi connectivity index (χ0v) is 22.9. The number of aromatic nitrogens is 2. The third kappa shape index (κ3) is 5.61. The number of rotatable bonds is 7. The molecule has 0 aliphatic heterocycles. The van der Waals surface area contributed by atoms with E-state index in [1.165, 1.54) is 4.68 Å². The summed E-state index contributed by atoms with van der Waals surface area (Å²) in [5.74, 6) is 1.55. The first-order chi connectivity index (χ1) is 14.3. The molecule has 3 aromatic rings. The van der Waals surface area contributed by atoms with E-state index >= 15 is 0 Å². The van der Waals surface area contributed by atoms with E-state index in [-0.39, 0.29) is 11.7 Å². The zero-order chi connectivity index (χ0) is 21.8. The number of hydrogen-bond donors (Lipinski definition) is 0. The van der Waals surface area contributed by atoms with Gasteiger partial charge in [-0.2, -0.15) is 9.78 Å². The Labute approximate surface area is 211 Å². The maximum atomic E-state index is 13.2. The highest BCUT2D eigenvalue weighted by atomic mass is 127. The molecule has 0 aliphatic carbocycles. The fourth-order valence-corrected chi connectivity index (χ4v) is 5.37. The molecule has 0 saturated carbocycles. The van der Waals surface area contributed by atoms with Gasteiger partial charge in [0.05, 0.1) is 30.4 Å². The monoisotopic (exact) mass is 693 g/mol. The molecule has 0 aliphatic rings. The summed E-state index contributed by atoms with van der Waals surface area (Å²) < 4.78 is 10.2. The molecule has 5 nitrogen and oxygen atoms in total. The lowest BCUT2D eigenvalue weighted by molar-refractivity contribution is 0.239. The third-order valence-electron chi connectivity index (χ3n) is 4.33. The number of fused-ring (bicyclic) bond motifs is 1. The van der Waals surface area contributed by atoms with E-state index in [9.17, 15) is 4.79 Å². The van der Waals surface area contributed by atoms with E-state index in [1.54, 1.807) is 12.3 Å². The Morgan fingerprint density at radius 3 is 2.57 bits per heavy atom. The minimum absolute atomic E-state index is 0.106. The molecule has 0 atom stereocenters. The summed E-state index contributed by atoms with van der Waals surface area (Å²) in [4.78, 5) is 17.9. The summed E-state index contributed by atoms with van der Waals surface area (Å²) in [6.45, 7) is 6.14. The molecule has 0 radical (unpaired) electrons. The van der Waals surface area contributed by atoms with Crippen molar-refractivity contribution in [2.75, 3.05) is 0 Å². The number of ether oxygens (including phenoxy) is 1. The Morgan fingerprint density at radius 2 is 1.93 bits per heavy atom. The lowest BCUT2D eigenvalue weighted by Crippen LogP contribution is -2.22. The van der Waals surface area contributed by atoms with Crippen LogP contribution in [0.1, 0.15) is 45.0 Å². The summed E-state index contributed by atoms with van der Waals surface area (Å²) in [5.41, 5.74) is 1.44. The highest BCUT2D eigenvalue weighted by Gasteiger charge is 2.12. The Morgan fingerprint density at radius 1 is 1.23 bits per heavy atom. The van der Waals surface area contributed by atoms with Crippen molar-refractivity contribution in [2.45, 2.75) is 46.1 Å². The molecular weight excluding hydrogens is 672 g/mol. The SMILES string of the molecule is CCCCc1nc2ccc(Br)cc2c(=O)n1N=Cc1cc(I)c(OC(C)C)c(I)c1. The maximum absolute atomic E-state index is 13.2. The van der Waals surface area contributed by atoms with Gasteiger partial charge in [0.25, 0.3) is 5.56 Å². The predicted octanol–water partition coefficient (Wildman–Crippen LogP) is 6.38. The van der Waals surface area contributed by atoms with Crippen LogP contribution >= 0.6 is 61.1 Å². The van der Waals surface area contributed by atoms with Crippen LogP contribution in [0.25, 0.3) is 10.9 Å². The van der Waals surface area contributed by atoms with Crippen LogP contribution in [0.2, 0.25) is 0 Å². The first kappa shape index (κ1) is 23.6. The molecule has 2 aromatic carbocycles. The molecule has 0 amide bonds. The van der Waals surface area contributed by atoms with E-state index in [4.69, 9.17) is 9.72 Å². The van der Waals surface area contributed by atoms with Crippen LogP contribution in [-0.4, -0.2) is 22.0 Å². The number of nitrogens with zero attached hydrogens (tertiary/aromatic N) is 3. The average Bonchev–Trinajstić information content (AvgIpc) is 2.69. The summed E-state index contributed by atoms with van der Waals surface area (Å²) in [6.07, 6.45) is 4.48. The van der Waals surface area contributed by atoms with E-state index < -0.39 is 0 Å². The van der Waals surface area contributed by atoms with Gasteiger partial charge in [0, 0.05) is 10.9 Å². The molecule has 0 unspecified atom stereocenters. The van der Waals surface area contributed by atoms with Crippen molar-refractivity contribution >= 4 is 78.2 Å². The van der Waals surface area contributed by atoms with Gasteiger partial charge < -0.3 is 4.74 Å². The molecule has 158 valence electrons. The Bertz CT molecular complexity index is 1140. The van der Waals surface area contributed by atoms with Gasteiger partial charge in [0.15, 0.2) is 0 Å². The molecule has 0 N–H and O–H groups in total. The summed E-state index contributed by atoms with van der Waals surface area (Å²) in [5, 5.41) is 5.08. The van der Waals surface area contributed by atoms with Gasteiger partial charge in [0.2, 0.25) is 0 Å². The second-order valence-electron chi connectivity index (χ2n) is 7.13. The van der Waals surface area contributed by atoms with E-state index in [1.807, 2.05) is 38.1 Å². The lowest BCUT2D eigenvalue weighted by Gasteiger charge is -2.14. The van der Waals surface area contributed by atoms with Gasteiger partial charge >= 0.3 is 0 Å². The molecule has 8 heteroatoms. The van der Waals surface area contributed by atoms with Crippen LogP contribution in [0.4, 0.5) is 0 Å². The lowest BCUT2D eigenvalue weighted by atomic mass is 10.2. The smallest absolute Gasteiger partial charge is 0.282 e. The summed E-state index contributed by atoms with van der Waals surface area (Å²) in [7, 11) is 0. The van der Waals surface area contributed by atoms with Crippen molar-refractivity contribution in [3.63, 3.8) is 0 Å². The predicted molar refractivity (Wildman–Crippen MR) is 143 cm³/mol. The molecule has 0 spiro atoms. The van der Waals surface area contributed by atoms with E-state index in [0.717, 1.165) is 35.8 Å². The normalized spacial score (nSPS) is 11.7. The van der Waals surface area contributed by atoms with Gasteiger partial charge in [-0.1, -0.05) is 29.3 Å². The van der Waals surface area contributed by atoms with Crippen molar-refractivity contribution in [2.24, 2.45) is 5.10 Å². The topological polar surface area (TPSA) is 56.5 Å². The third-order valence-corrected chi connectivity index (χ3v) is 6.42. The Kier molecular flexibility index (Phi) is 8.31. The standard InChI is InChI=1S/C22H22BrI2N3O2/c1-4-5-6-20-27-19-8-7-15(23)11-16(19)22(29)28(20)26-12-14-9-17(24)21(18(25)10-14)30-13(2)3/h7-13H,4-6H2,1-3H3. The highest BCUT2D eigenvalue weighted by molar-refractivity contribution is 14.1. The highest BCUT2D eigenvalue weighted by Crippen LogP contribution is 2.29. The molecule has 0 saturated heterocycles. The van der Waals surface area contributed by atoms with Crippen LogP contribution < -0.4 is 10.3 Å². The molecule has 3 rings (SSSR count). The largest absolute Gasteiger partial charge is 0.489 e. The first-order valence-electron chi connectivity index (χ1n) is 9.71. The van der Waals surface area contributed by atoms with E-state index in [2.05, 4.69) is 73.1 Å². The van der Waals surface area contributed by atoms with Crippen molar-refractivity contribution < 1.29 is 4.74 Å². The maximum Gasteiger partial charge on any atom is 0.282 e. The van der Waals surface area contributed by atoms with Crippen LogP contribution in [0.3, 0.4) is 0 Å². The molecule has 30 heavy (non-hydrogen) atoms. The molecule has 1 heterocycles. The Hall–Kier alpha value is -1.01. The molecular formula is C22H22BrI2N3O2. The minimum atomic E-state index is -0.159. The fraction of sp³-hybridized carbons (Fsp3) is 0.318.